The molecule has 0 atom stereocenters. The molecular weight excluding hydrogens is 150 g/mol. The van der Waals surface area contributed by atoms with Gasteiger partial charge in [-0.3, -0.25) is 0 Å². The van der Waals surface area contributed by atoms with Crippen molar-refractivity contribution in [3.05, 3.63) is 16.9 Å². The molecule has 0 saturated carbocycles. The van der Waals surface area contributed by atoms with Crippen molar-refractivity contribution in [2.75, 3.05) is 5.73 Å². The van der Waals surface area contributed by atoms with E-state index < -0.39 is 0 Å². The third-order valence-electron chi connectivity index (χ3n) is 1.68. The SMILES string of the molecule is C/C=c1/c(N)ncnc1=C(C)C. The highest BCUT2D eigenvalue weighted by atomic mass is 14.9. The fraction of sp³-hybridized carbons (Fsp3) is 0.333. The van der Waals surface area contributed by atoms with Crippen molar-refractivity contribution >= 4 is 17.5 Å². The Bertz CT molecular complexity index is 389. The van der Waals surface area contributed by atoms with E-state index in [1.54, 1.807) is 0 Å². The Kier molecular flexibility index (Phi) is 2.43. The second-order valence-corrected chi connectivity index (χ2v) is 2.81. The van der Waals surface area contributed by atoms with E-state index >= 15 is 0 Å². The van der Waals surface area contributed by atoms with Crippen molar-refractivity contribution in [2.45, 2.75) is 20.8 Å². The summed E-state index contributed by atoms with van der Waals surface area (Å²) < 4.78 is 0. The number of anilines is 1. The van der Waals surface area contributed by atoms with Crippen molar-refractivity contribution in [3.63, 3.8) is 0 Å². The van der Waals surface area contributed by atoms with E-state index in [9.17, 15) is 0 Å². The molecule has 0 saturated heterocycles. The molecule has 0 amide bonds. The number of rotatable bonds is 0. The van der Waals surface area contributed by atoms with Crippen molar-refractivity contribution in [3.8, 4) is 0 Å². The Labute approximate surface area is 71.7 Å². The maximum absolute atomic E-state index is 5.67. The van der Waals surface area contributed by atoms with E-state index in [0.717, 1.165) is 16.1 Å². The molecule has 0 unspecified atom stereocenters. The summed E-state index contributed by atoms with van der Waals surface area (Å²) in [5.74, 6) is 0.545. The summed E-state index contributed by atoms with van der Waals surface area (Å²) in [6.45, 7) is 5.95. The number of hydrogen-bond acceptors (Lipinski definition) is 3. The van der Waals surface area contributed by atoms with Crippen molar-refractivity contribution < 1.29 is 0 Å². The highest BCUT2D eigenvalue weighted by Crippen LogP contribution is 1.83. The van der Waals surface area contributed by atoms with Gasteiger partial charge in [-0.05, 0) is 26.3 Å². The molecule has 1 rings (SSSR count). The average molecular weight is 163 g/mol. The molecule has 0 radical (unpaired) electrons. The van der Waals surface area contributed by atoms with E-state index in [2.05, 4.69) is 9.97 Å². The van der Waals surface area contributed by atoms with E-state index in [1.165, 1.54) is 6.33 Å². The quantitative estimate of drug-likeness (QED) is 0.588. The van der Waals surface area contributed by atoms with Gasteiger partial charge in [0.05, 0.1) is 5.35 Å². The fourth-order valence-corrected chi connectivity index (χ4v) is 1.09. The molecule has 0 aromatic carbocycles. The molecule has 64 valence electrons. The normalized spacial score (nSPS) is 11.8. The lowest BCUT2D eigenvalue weighted by molar-refractivity contribution is 1.09. The Morgan fingerprint density at radius 3 is 2.50 bits per heavy atom. The van der Waals surface area contributed by atoms with E-state index in [-0.39, 0.29) is 0 Å². The number of hydrogen-bond donors (Lipinski definition) is 1. The minimum absolute atomic E-state index is 0.545. The molecule has 0 aliphatic rings. The van der Waals surface area contributed by atoms with Gasteiger partial charge in [0, 0.05) is 5.22 Å². The Morgan fingerprint density at radius 1 is 1.42 bits per heavy atom. The number of nitrogens with zero attached hydrogens (tertiary/aromatic N) is 2. The molecule has 1 heterocycles. The first-order valence-corrected chi connectivity index (χ1v) is 3.87. The van der Waals surface area contributed by atoms with Gasteiger partial charge in [-0.2, -0.15) is 0 Å². The van der Waals surface area contributed by atoms with Gasteiger partial charge in [-0.25, -0.2) is 9.97 Å². The zero-order valence-corrected chi connectivity index (χ0v) is 7.63. The van der Waals surface area contributed by atoms with Crippen LogP contribution in [0.1, 0.15) is 20.8 Å². The van der Waals surface area contributed by atoms with Crippen LogP contribution in [0.4, 0.5) is 5.82 Å². The lowest BCUT2D eigenvalue weighted by Crippen LogP contribution is -2.32. The van der Waals surface area contributed by atoms with Crippen LogP contribution in [0.3, 0.4) is 0 Å². The van der Waals surface area contributed by atoms with Gasteiger partial charge in [-0.1, -0.05) is 6.08 Å². The molecule has 2 N–H and O–H groups in total. The summed E-state index contributed by atoms with van der Waals surface area (Å²) in [7, 11) is 0. The largest absolute Gasteiger partial charge is 0.383 e. The van der Waals surface area contributed by atoms with Crippen LogP contribution >= 0.6 is 0 Å². The summed E-state index contributed by atoms with van der Waals surface area (Å²) in [6.07, 6.45) is 3.42. The second kappa shape index (κ2) is 3.34. The number of nitrogens with two attached hydrogens (primary N) is 1. The van der Waals surface area contributed by atoms with Crippen LogP contribution in [0.25, 0.3) is 11.6 Å². The molecule has 1 aromatic heterocycles. The van der Waals surface area contributed by atoms with Crippen LogP contribution in [-0.4, -0.2) is 9.97 Å². The average Bonchev–Trinajstić information content (AvgIpc) is 2.03. The van der Waals surface area contributed by atoms with Crippen LogP contribution in [0.15, 0.2) is 6.33 Å². The maximum Gasteiger partial charge on any atom is 0.134 e. The predicted molar refractivity (Wildman–Crippen MR) is 50.6 cm³/mol. The smallest absolute Gasteiger partial charge is 0.134 e. The third kappa shape index (κ3) is 1.44. The maximum atomic E-state index is 5.67. The Morgan fingerprint density at radius 2 is 2.08 bits per heavy atom. The van der Waals surface area contributed by atoms with Crippen LogP contribution < -0.4 is 16.3 Å². The summed E-state index contributed by atoms with van der Waals surface area (Å²) in [5, 5.41) is 1.86. The fourth-order valence-electron chi connectivity index (χ4n) is 1.09. The lowest BCUT2D eigenvalue weighted by atomic mass is 10.2. The van der Waals surface area contributed by atoms with Crippen LogP contribution in [-0.2, 0) is 0 Å². The van der Waals surface area contributed by atoms with E-state index in [4.69, 9.17) is 5.73 Å². The van der Waals surface area contributed by atoms with E-state index in [1.807, 2.05) is 26.8 Å². The monoisotopic (exact) mass is 163 g/mol. The first-order valence-electron chi connectivity index (χ1n) is 3.87. The molecular formula is C9H13N3. The molecule has 0 bridgehead atoms. The summed E-state index contributed by atoms with van der Waals surface area (Å²) in [4.78, 5) is 8.07. The van der Waals surface area contributed by atoms with Gasteiger partial charge < -0.3 is 5.73 Å². The van der Waals surface area contributed by atoms with Gasteiger partial charge in [0.25, 0.3) is 0 Å². The van der Waals surface area contributed by atoms with Crippen LogP contribution in [0.5, 0.6) is 0 Å². The van der Waals surface area contributed by atoms with E-state index in [0.29, 0.717) is 5.82 Å². The van der Waals surface area contributed by atoms with Crippen molar-refractivity contribution in [1.29, 1.82) is 0 Å². The van der Waals surface area contributed by atoms with Crippen LogP contribution in [0, 0.1) is 0 Å². The van der Waals surface area contributed by atoms with Crippen molar-refractivity contribution in [2.24, 2.45) is 0 Å². The second-order valence-electron chi connectivity index (χ2n) is 2.81. The Hall–Kier alpha value is -1.38. The van der Waals surface area contributed by atoms with Crippen molar-refractivity contribution in [1.82, 2.24) is 9.97 Å². The highest BCUT2D eigenvalue weighted by molar-refractivity contribution is 5.44. The third-order valence-corrected chi connectivity index (χ3v) is 1.68. The van der Waals surface area contributed by atoms with Gasteiger partial charge in [0.1, 0.15) is 12.1 Å². The molecule has 3 heteroatoms. The summed E-state index contributed by atoms with van der Waals surface area (Å²) >= 11 is 0. The standard InChI is InChI=1S/C9H13N3/c1-4-7-8(6(2)3)11-5-12-9(7)10/h4-5H,1-3H3,(H2,10,11,12)/b7-4+. The minimum Gasteiger partial charge on any atom is -0.383 e. The zero-order valence-electron chi connectivity index (χ0n) is 7.63. The molecule has 1 aromatic rings. The lowest BCUT2D eigenvalue weighted by Gasteiger charge is -1.95. The molecule has 0 aliphatic carbocycles. The Balaban J connectivity index is 3.75. The van der Waals surface area contributed by atoms with Gasteiger partial charge in [0.2, 0.25) is 0 Å². The van der Waals surface area contributed by atoms with Gasteiger partial charge >= 0.3 is 0 Å². The minimum atomic E-state index is 0.545. The molecule has 3 nitrogen and oxygen atoms in total. The van der Waals surface area contributed by atoms with Gasteiger partial charge in [0.15, 0.2) is 0 Å². The highest BCUT2D eigenvalue weighted by Gasteiger charge is 1.93. The molecule has 0 fully saturated rings. The number of aromatic nitrogens is 2. The molecule has 0 spiro atoms. The zero-order chi connectivity index (χ0) is 9.14. The number of nitrogen functional groups attached to an aromatic ring is 1. The first kappa shape index (κ1) is 8.71. The summed E-state index contributed by atoms with van der Waals surface area (Å²) in [6, 6.07) is 0. The predicted octanol–water partition coefficient (Wildman–Crippen LogP) is 0.0497. The van der Waals surface area contributed by atoms with Gasteiger partial charge in [-0.15, -0.1) is 0 Å². The topological polar surface area (TPSA) is 51.8 Å². The van der Waals surface area contributed by atoms with Crippen LogP contribution in [0.2, 0.25) is 0 Å². The first-order chi connectivity index (χ1) is 5.66. The summed E-state index contributed by atoms with van der Waals surface area (Å²) in [5.41, 5.74) is 6.82. The molecule has 12 heavy (non-hydrogen) atoms. The molecule has 0 aliphatic heterocycles.